The van der Waals surface area contributed by atoms with E-state index in [0.29, 0.717) is 0 Å². The van der Waals surface area contributed by atoms with Gasteiger partial charge in [-0.15, -0.1) is 0 Å². The summed E-state index contributed by atoms with van der Waals surface area (Å²) in [4.78, 5) is 27.2. The number of carbonyl (C=O) groups is 1. The van der Waals surface area contributed by atoms with Crippen LogP contribution in [0.15, 0.2) is 67.0 Å². The summed E-state index contributed by atoms with van der Waals surface area (Å²) in [6.45, 7) is 10.1. The lowest BCUT2D eigenvalue weighted by Crippen LogP contribution is -2.46. The average Bonchev–Trinajstić information content (AvgIpc) is 3.24. The fourth-order valence-electron chi connectivity index (χ4n) is 5.04. The molecule has 3 heterocycles. The number of carbonyl (C=O) groups excluding carboxylic acids is 1. The Labute approximate surface area is 197 Å². The zero-order valence-electron chi connectivity index (χ0n) is 20.0. The molecule has 1 atom stereocenters. The minimum atomic E-state index is -0.413. The van der Waals surface area contributed by atoms with Crippen LogP contribution < -0.4 is 0 Å². The highest BCUT2D eigenvalue weighted by atomic mass is 16.2. The Morgan fingerprint density at radius 3 is 2.58 bits per heavy atom. The van der Waals surface area contributed by atoms with Gasteiger partial charge in [0.1, 0.15) is 0 Å². The van der Waals surface area contributed by atoms with Gasteiger partial charge < -0.3 is 4.90 Å². The predicted molar refractivity (Wildman–Crippen MR) is 133 cm³/mol. The quantitative estimate of drug-likeness (QED) is 0.505. The number of benzene rings is 1. The van der Waals surface area contributed by atoms with E-state index in [-0.39, 0.29) is 5.91 Å². The van der Waals surface area contributed by atoms with Crippen molar-refractivity contribution in [3.05, 3.63) is 83.9 Å². The molecule has 1 aliphatic rings. The maximum Gasteiger partial charge on any atom is 0.230 e. The van der Waals surface area contributed by atoms with Crippen molar-refractivity contribution in [2.24, 2.45) is 5.41 Å². The van der Waals surface area contributed by atoms with Crippen LogP contribution in [0.3, 0.4) is 0 Å². The smallest absolute Gasteiger partial charge is 0.230 e. The number of amides is 1. The van der Waals surface area contributed by atoms with Gasteiger partial charge in [0.15, 0.2) is 0 Å². The molecule has 1 saturated heterocycles. The minimum Gasteiger partial charge on any atom is -0.343 e. The van der Waals surface area contributed by atoms with Gasteiger partial charge in [0, 0.05) is 44.3 Å². The number of rotatable bonds is 8. The number of pyridine rings is 2. The highest BCUT2D eigenvalue weighted by Gasteiger charge is 2.46. The van der Waals surface area contributed by atoms with Crippen LogP contribution in [0.4, 0.5) is 0 Å². The van der Waals surface area contributed by atoms with Crippen molar-refractivity contribution >= 4 is 5.91 Å². The molecule has 0 spiro atoms. The van der Waals surface area contributed by atoms with Crippen LogP contribution in [-0.4, -0.2) is 51.9 Å². The third-order valence-electron chi connectivity index (χ3n) is 6.73. The SMILES string of the molecule is CCN(CC)C(=O)C1(Cc2cccc(-c3cccnc3)c2)CCN(Cc2cccc(C)n2)C1. The van der Waals surface area contributed by atoms with Gasteiger partial charge in [-0.3, -0.25) is 19.7 Å². The Morgan fingerprint density at radius 2 is 1.85 bits per heavy atom. The van der Waals surface area contributed by atoms with Gasteiger partial charge in [0.25, 0.3) is 0 Å². The van der Waals surface area contributed by atoms with E-state index in [2.05, 4.69) is 71.2 Å². The van der Waals surface area contributed by atoms with Crippen molar-refractivity contribution in [3.8, 4) is 11.1 Å². The minimum absolute atomic E-state index is 0.277. The molecule has 1 fully saturated rings. The van der Waals surface area contributed by atoms with Crippen molar-refractivity contribution in [1.82, 2.24) is 19.8 Å². The van der Waals surface area contributed by atoms with Crippen molar-refractivity contribution in [3.63, 3.8) is 0 Å². The highest BCUT2D eigenvalue weighted by Crippen LogP contribution is 2.37. The third kappa shape index (κ3) is 5.31. The maximum absolute atomic E-state index is 13.8. The topological polar surface area (TPSA) is 49.3 Å². The molecule has 0 aliphatic carbocycles. The lowest BCUT2D eigenvalue weighted by Gasteiger charge is -2.34. The molecule has 0 bridgehead atoms. The number of hydrogen-bond donors (Lipinski definition) is 0. The number of aromatic nitrogens is 2. The van der Waals surface area contributed by atoms with Gasteiger partial charge in [0.2, 0.25) is 5.91 Å². The highest BCUT2D eigenvalue weighted by molar-refractivity contribution is 5.84. The normalized spacial score (nSPS) is 18.4. The van der Waals surface area contributed by atoms with Crippen LogP contribution in [0.25, 0.3) is 11.1 Å². The molecule has 0 saturated carbocycles. The molecule has 3 aromatic rings. The Balaban J connectivity index is 1.60. The molecule has 0 radical (unpaired) electrons. The first-order valence-electron chi connectivity index (χ1n) is 12.0. The summed E-state index contributed by atoms with van der Waals surface area (Å²) in [7, 11) is 0. The van der Waals surface area contributed by atoms with Crippen molar-refractivity contribution in [1.29, 1.82) is 0 Å². The van der Waals surface area contributed by atoms with E-state index in [1.165, 1.54) is 5.56 Å². The Bertz CT molecular complexity index is 1080. The summed E-state index contributed by atoms with van der Waals surface area (Å²) in [5, 5.41) is 0. The molecule has 1 aromatic carbocycles. The van der Waals surface area contributed by atoms with Gasteiger partial charge in [-0.1, -0.05) is 36.4 Å². The van der Waals surface area contributed by atoms with Crippen LogP contribution in [0.2, 0.25) is 0 Å². The number of nitrogens with zero attached hydrogens (tertiary/aromatic N) is 4. The molecule has 33 heavy (non-hydrogen) atoms. The summed E-state index contributed by atoms with van der Waals surface area (Å²) in [6, 6.07) is 18.8. The second-order valence-electron chi connectivity index (χ2n) is 9.11. The van der Waals surface area contributed by atoms with Gasteiger partial charge in [-0.2, -0.15) is 0 Å². The molecule has 172 valence electrons. The standard InChI is InChI=1S/C28H34N4O/c1-4-32(5-2)27(33)28(14-16-31(21-28)20-26-13-6-9-22(3)30-26)18-23-10-7-11-24(17-23)25-12-8-15-29-19-25/h6-13,15,17,19H,4-5,14,16,18,20-21H2,1-3H3. The molecule has 1 aliphatic heterocycles. The van der Waals surface area contributed by atoms with Crippen molar-refractivity contribution < 1.29 is 4.79 Å². The second kappa shape index (κ2) is 10.3. The molecular weight excluding hydrogens is 408 g/mol. The van der Waals surface area contributed by atoms with Crippen LogP contribution in [0.1, 0.15) is 37.2 Å². The fourth-order valence-corrected chi connectivity index (χ4v) is 5.04. The lowest BCUT2D eigenvalue weighted by molar-refractivity contribution is -0.141. The molecule has 1 unspecified atom stereocenters. The Hall–Kier alpha value is -3.05. The first-order chi connectivity index (χ1) is 16.0. The van der Waals surface area contributed by atoms with Gasteiger partial charge in [-0.05, 0) is 75.0 Å². The number of hydrogen-bond acceptors (Lipinski definition) is 4. The Morgan fingerprint density at radius 1 is 1.06 bits per heavy atom. The molecule has 4 rings (SSSR count). The van der Waals surface area contributed by atoms with E-state index in [1.807, 2.05) is 30.2 Å². The van der Waals surface area contributed by atoms with Crippen LogP contribution in [0, 0.1) is 12.3 Å². The molecule has 2 aromatic heterocycles. The monoisotopic (exact) mass is 442 g/mol. The molecular formula is C28H34N4O. The average molecular weight is 443 g/mol. The predicted octanol–water partition coefficient (Wildman–Crippen LogP) is 4.76. The van der Waals surface area contributed by atoms with E-state index >= 15 is 0 Å². The van der Waals surface area contributed by atoms with Crippen molar-refractivity contribution in [2.45, 2.75) is 40.2 Å². The summed E-state index contributed by atoms with van der Waals surface area (Å²) < 4.78 is 0. The number of likely N-dealkylation sites (tertiary alicyclic amines) is 1. The second-order valence-corrected chi connectivity index (χ2v) is 9.11. The van der Waals surface area contributed by atoms with E-state index in [0.717, 1.165) is 68.1 Å². The molecule has 0 N–H and O–H groups in total. The first kappa shape index (κ1) is 23.1. The molecule has 1 amide bonds. The maximum atomic E-state index is 13.8. The van der Waals surface area contributed by atoms with E-state index < -0.39 is 5.41 Å². The van der Waals surface area contributed by atoms with Gasteiger partial charge in [0.05, 0.1) is 11.1 Å². The summed E-state index contributed by atoms with van der Waals surface area (Å²) in [5.74, 6) is 0.277. The fraction of sp³-hybridized carbons (Fsp3) is 0.393. The summed E-state index contributed by atoms with van der Waals surface area (Å²) >= 11 is 0. The molecule has 5 heteroatoms. The lowest BCUT2D eigenvalue weighted by atomic mass is 9.79. The van der Waals surface area contributed by atoms with Crippen LogP contribution in [-0.2, 0) is 17.8 Å². The zero-order chi connectivity index (χ0) is 23.3. The Kier molecular flexibility index (Phi) is 7.19. The van der Waals surface area contributed by atoms with Gasteiger partial charge in [-0.25, -0.2) is 0 Å². The van der Waals surface area contributed by atoms with E-state index in [9.17, 15) is 4.79 Å². The van der Waals surface area contributed by atoms with Crippen molar-refractivity contribution in [2.75, 3.05) is 26.2 Å². The van der Waals surface area contributed by atoms with Crippen LogP contribution >= 0.6 is 0 Å². The third-order valence-corrected chi connectivity index (χ3v) is 6.73. The largest absolute Gasteiger partial charge is 0.343 e. The summed E-state index contributed by atoms with van der Waals surface area (Å²) in [5.41, 5.74) is 5.13. The first-order valence-corrected chi connectivity index (χ1v) is 12.0. The summed E-state index contributed by atoms with van der Waals surface area (Å²) in [6.07, 6.45) is 5.29. The molecule has 5 nitrogen and oxygen atoms in total. The van der Waals surface area contributed by atoms with E-state index in [1.54, 1.807) is 6.20 Å². The van der Waals surface area contributed by atoms with Gasteiger partial charge >= 0.3 is 0 Å². The van der Waals surface area contributed by atoms with Crippen LogP contribution in [0.5, 0.6) is 0 Å². The van der Waals surface area contributed by atoms with E-state index in [4.69, 9.17) is 0 Å². The number of aryl methyl sites for hydroxylation is 1. The zero-order valence-corrected chi connectivity index (χ0v) is 20.0.